The van der Waals surface area contributed by atoms with E-state index in [2.05, 4.69) is 0 Å². The maximum Gasteiger partial charge on any atom is 0.242 e. The average molecular weight is 268 g/mol. The van der Waals surface area contributed by atoms with Crippen LogP contribution in [-0.4, -0.2) is 47.0 Å². The Morgan fingerprint density at radius 2 is 2.17 bits per heavy atom. The third-order valence-corrected chi connectivity index (χ3v) is 4.41. The van der Waals surface area contributed by atoms with Crippen LogP contribution in [-0.2, 0) is 9.59 Å². The van der Waals surface area contributed by atoms with E-state index in [1.807, 2.05) is 17.4 Å². The van der Waals surface area contributed by atoms with Gasteiger partial charge < -0.3 is 9.80 Å². The number of thioether (sulfide) groups is 1. The van der Waals surface area contributed by atoms with E-state index in [0.29, 0.717) is 11.8 Å². The molecule has 0 unspecified atom stereocenters. The first-order valence-corrected chi connectivity index (χ1v) is 7.57. The molecule has 0 N–H and O–H groups in total. The molecule has 1 heterocycles. The first-order chi connectivity index (χ1) is 8.68. The van der Waals surface area contributed by atoms with Gasteiger partial charge in [-0.25, -0.2) is 0 Å². The van der Waals surface area contributed by atoms with E-state index in [-0.39, 0.29) is 18.4 Å². The summed E-state index contributed by atoms with van der Waals surface area (Å²) in [6, 6.07) is 0.365. The first-order valence-electron chi connectivity index (χ1n) is 6.52. The van der Waals surface area contributed by atoms with Crippen LogP contribution >= 0.6 is 11.8 Å². The predicted octanol–water partition coefficient (Wildman–Crippen LogP) is 1.82. The summed E-state index contributed by atoms with van der Waals surface area (Å²) in [7, 11) is 1.87. The average Bonchev–Trinajstić information content (AvgIpc) is 2.41. The molecule has 0 aromatic heterocycles. The summed E-state index contributed by atoms with van der Waals surface area (Å²) in [4.78, 5) is 27.1. The van der Waals surface area contributed by atoms with Crippen LogP contribution in [0.1, 0.15) is 32.1 Å². The number of nitrogens with zero attached hydrogens (tertiary/aromatic N) is 2. The number of hydrogen-bond acceptors (Lipinski definition) is 3. The van der Waals surface area contributed by atoms with Gasteiger partial charge in [0.2, 0.25) is 11.8 Å². The lowest BCUT2D eigenvalue weighted by Gasteiger charge is -2.32. The number of hydrogen-bond donors (Lipinski definition) is 0. The maximum atomic E-state index is 12.1. The Balaban J connectivity index is 1.88. The molecule has 0 bridgehead atoms. The molecule has 18 heavy (non-hydrogen) atoms. The maximum absolute atomic E-state index is 12.1. The summed E-state index contributed by atoms with van der Waals surface area (Å²) in [5.74, 6) is 0.511. The Hall–Kier alpha value is -0.970. The Morgan fingerprint density at radius 1 is 1.44 bits per heavy atom. The highest BCUT2D eigenvalue weighted by atomic mass is 32.2. The highest BCUT2D eigenvalue weighted by molar-refractivity contribution is 8.02. The standard InChI is InChI=1S/C13H20N2O2S/c1-14(11-5-3-2-4-6-11)12(16)9-15-7-8-18-10-13(15)17/h7-8,11H,2-6,9-10H2,1H3. The van der Waals surface area contributed by atoms with Crippen LogP contribution in [0.2, 0.25) is 0 Å². The molecule has 1 fully saturated rings. The van der Waals surface area contributed by atoms with Crippen LogP contribution in [0.15, 0.2) is 11.6 Å². The summed E-state index contributed by atoms with van der Waals surface area (Å²) in [6.45, 7) is 0.183. The van der Waals surface area contributed by atoms with Crippen LogP contribution in [0.4, 0.5) is 0 Å². The van der Waals surface area contributed by atoms with E-state index < -0.39 is 0 Å². The van der Waals surface area contributed by atoms with E-state index in [1.165, 1.54) is 35.9 Å². The number of likely N-dealkylation sites (N-methyl/N-ethyl adjacent to an activating group) is 1. The SMILES string of the molecule is CN(C(=O)CN1C=CSCC1=O)C1CCCCC1. The third-order valence-electron chi connectivity index (χ3n) is 3.69. The van der Waals surface area contributed by atoms with Crippen molar-refractivity contribution in [3.8, 4) is 0 Å². The Kier molecular flexibility index (Phi) is 4.69. The van der Waals surface area contributed by atoms with Gasteiger partial charge in [0.15, 0.2) is 0 Å². The molecule has 2 rings (SSSR count). The monoisotopic (exact) mass is 268 g/mol. The third kappa shape index (κ3) is 3.28. The molecular formula is C13H20N2O2S. The molecule has 0 radical (unpaired) electrons. The minimum Gasteiger partial charge on any atom is -0.341 e. The molecule has 100 valence electrons. The molecule has 0 aromatic carbocycles. The van der Waals surface area contributed by atoms with Crippen molar-refractivity contribution in [2.75, 3.05) is 19.3 Å². The molecular weight excluding hydrogens is 248 g/mol. The van der Waals surface area contributed by atoms with Gasteiger partial charge >= 0.3 is 0 Å². The van der Waals surface area contributed by atoms with Crippen LogP contribution in [0.25, 0.3) is 0 Å². The zero-order valence-electron chi connectivity index (χ0n) is 10.8. The van der Waals surface area contributed by atoms with E-state index >= 15 is 0 Å². The number of rotatable bonds is 3. The normalized spacial score (nSPS) is 21.2. The first kappa shape index (κ1) is 13.5. The second-order valence-electron chi connectivity index (χ2n) is 4.91. The van der Waals surface area contributed by atoms with E-state index in [9.17, 15) is 9.59 Å². The van der Waals surface area contributed by atoms with Crippen molar-refractivity contribution < 1.29 is 9.59 Å². The summed E-state index contributed by atoms with van der Waals surface area (Å²) < 4.78 is 0. The van der Waals surface area contributed by atoms with Crippen molar-refractivity contribution in [3.63, 3.8) is 0 Å². The molecule has 2 aliphatic rings. The summed E-state index contributed by atoms with van der Waals surface area (Å²) in [5.41, 5.74) is 0. The van der Waals surface area contributed by atoms with Gasteiger partial charge in [0, 0.05) is 19.3 Å². The van der Waals surface area contributed by atoms with Gasteiger partial charge in [0.1, 0.15) is 6.54 Å². The lowest BCUT2D eigenvalue weighted by atomic mass is 9.94. The molecule has 5 heteroatoms. The van der Waals surface area contributed by atoms with Gasteiger partial charge in [-0.2, -0.15) is 0 Å². The van der Waals surface area contributed by atoms with Crippen LogP contribution < -0.4 is 0 Å². The number of amides is 2. The summed E-state index contributed by atoms with van der Waals surface area (Å²) >= 11 is 1.47. The molecule has 0 spiro atoms. The topological polar surface area (TPSA) is 40.6 Å². The second-order valence-corrected chi connectivity index (χ2v) is 5.81. The van der Waals surface area contributed by atoms with E-state index in [0.717, 1.165) is 12.8 Å². The molecule has 0 aromatic rings. The van der Waals surface area contributed by atoms with E-state index in [4.69, 9.17) is 0 Å². The second kappa shape index (κ2) is 6.27. The van der Waals surface area contributed by atoms with Gasteiger partial charge in [-0.3, -0.25) is 9.59 Å². The van der Waals surface area contributed by atoms with Crippen molar-refractivity contribution in [3.05, 3.63) is 11.6 Å². The summed E-state index contributed by atoms with van der Waals surface area (Å²) in [5, 5.41) is 1.87. The minimum absolute atomic E-state index is 0.0212. The van der Waals surface area contributed by atoms with Crippen LogP contribution in [0.5, 0.6) is 0 Å². The fourth-order valence-corrected chi connectivity index (χ4v) is 3.11. The van der Waals surface area contributed by atoms with Gasteiger partial charge in [0.05, 0.1) is 5.75 Å². The Bertz CT molecular complexity index is 351. The lowest BCUT2D eigenvalue weighted by Crippen LogP contribution is -2.45. The quantitative estimate of drug-likeness (QED) is 0.784. The summed E-state index contributed by atoms with van der Waals surface area (Å²) in [6.07, 6.45) is 7.61. The highest BCUT2D eigenvalue weighted by Gasteiger charge is 2.25. The minimum atomic E-state index is 0.0212. The fourth-order valence-electron chi connectivity index (χ4n) is 2.47. The molecule has 1 aliphatic carbocycles. The van der Waals surface area contributed by atoms with Gasteiger partial charge in [-0.05, 0) is 18.2 Å². The fraction of sp³-hybridized carbons (Fsp3) is 0.692. The molecule has 0 atom stereocenters. The molecule has 1 saturated carbocycles. The van der Waals surface area contributed by atoms with Crippen molar-refractivity contribution >= 4 is 23.6 Å². The Morgan fingerprint density at radius 3 is 2.83 bits per heavy atom. The van der Waals surface area contributed by atoms with Gasteiger partial charge in [0.25, 0.3) is 0 Å². The van der Waals surface area contributed by atoms with E-state index in [1.54, 1.807) is 6.20 Å². The largest absolute Gasteiger partial charge is 0.341 e. The lowest BCUT2D eigenvalue weighted by molar-refractivity contribution is -0.138. The zero-order chi connectivity index (χ0) is 13.0. The van der Waals surface area contributed by atoms with Crippen molar-refractivity contribution in [2.45, 2.75) is 38.1 Å². The highest BCUT2D eigenvalue weighted by Crippen LogP contribution is 2.22. The van der Waals surface area contributed by atoms with Gasteiger partial charge in [-0.1, -0.05) is 19.3 Å². The van der Waals surface area contributed by atoms with Crippen LogP contribution in [0.3, 0.4) is 0 Å². The Labute approximate surface area is 112 Å². The van der Waals surface area contributed by atoms with Crippen molar-refractivity contribution in [2.24, 2.45) is 0 Å². The van der Waals surface area contributed by atoms with Crippen molar-refractivity contribution in [1.82, 2.24) is 9.80 Å². The zero-order valence-corrected chi connectivity index (χ0v) is 11.6. The molecule has 4 nitrogen and oxygen atoms in total. The van der Waals surface area contributed by atoms with Crippen molar-refractivity contribution in [1.29, 1.82) is 0 Å². The molecule has 1 aliphatic heterocycles. The predicted molar refractivity (Wildman–Crippen MR) is 73.0 cm³/mol. The van der Waals surface area contributed by atoms with Crippen LogP contribution in [0, 0.1) is 0 Å². The van der Waals surface area contributed by atoms with Gasteiger partial charge in [-0.15, -0.1) is 11.8 Å². The number of carbonyl (C=O) groups is 2. The molecule has 0 saturated heterocycles. The smallest absolute Gasteiger partial charge is 0.242 e. The molecule has 2 amide bonds. The number of carbonyl (C=O) groups excluding carboxylic acids is 2.